The van der Waals surface area contributed by atoms with Crippen molar-refractivity contribution in [3.8, 4) is 0 Å². The lowest BCUT2D eigenvalue weighted by atomic mass is 9.92. The smallest absolute Gasteiger partial charge is 0.364 e. The van der Waals surface area contributed by atoms with Gasteiger partial charge in [0.05, 0.1) is 6.10 Å². The molecule has 1 rings (SSSR count). The Morgan fingerprint density at radius 3 is 2.58 bits per heavy atom. The number of aliphatic hydroxyl groups excluding tert-OH is 3. The summed E-state index contributed by atoms with van der Waals surface area (Å²) in [4.78, 5) is 22.4. The topological polar surface area (TPSA) is 143 Å². The van der Waals surface area contributed by atoms with E-state index in [2.05, 4.69) is 4.74 Å². The molecule has 9 nitrogen and oxygen atoms in total. The van der Waals surface area contributed by atoms with Crippen LogP contribution in [0.3, 0.4) is 0 Å². The van der Waals surface area contributed by atoms with E-state index in [1.807, 2.05) is 6.92 Å². The SMILES string of the molecule is CCSSCO[C@]1(C(=O)O)C[C@@H](O)[C@@H](O)C([C@H](O)COC(C)=O)O1. The van der Waals surface area contributed by atoms with Gasteiger partial charge in [0.25, 0.3) is 5.79 Å². The summed E-state index contributed by atoms with van der Waals surface area (Å²) >= 11 is 0. The summed E-state index contributed by atoms with van der Waals surface area (Å²) in [6.07, 6.45) is -6.57. The van der Waals surface area contributed by atoms with Crippen molar-refractivity contribution in [3.05, 3.63) is 0 Å². The molecule has 0 aromatic carbocycles. The predicted molar refractivity (Wildman–Crippen MR) is 86.2 cm³/mol. The summed E-state index contributed by atoms with van der Waals surface area (Å²) in [7, 11) is 2.72. The molecule has 11 heteroatoms. The first-order valence-corrected chi connectivity index (χ1v) is 9.69. The van der Waals surface area contributed by atoms with E-state index in [0.717, 1.165) is 12.7 Å². The monoisotopic (exact) mass is 386 g/mol. The zero-order valence-corrected chi connectivity index (χ0v) is 14.9. The highest BCUT2D eigenvalue weighted by Gasteiger charge is 2.54. The third-order valence-corrected chi connectivity index (χ3v) is 5.35. The van der Waals surface area contributed by atoms with Crippen LogP contribution >= 0.6 is 21.6 Å². The molecule has 0 aromatic heterocycles. The van der Waals surface area contributed by atoms with Gasteiger partial charge in [-0.1, -0.05) is 28.5 Å². The molecule has 0 aromatic rings. The molecular weight excluding hydrogens is 364 g/mol. The Labute approximate surface area is 147 Å². The maximum Gasteiger partial charge on any atom is 0.364 e. The van der Waals surface area contributed by atoms with Gasteiger partial charge < -0.3 is 34.6 Å². The van der Waals surface area contributed by atoms with Crippen LogP contribution in [0.2, 0.25) is 0 Å². The predicted octanol–water partition coefficient (Wildman–Crippen LogP) is -0.423. The van der Waals surface area contributed by atoms with E-state index in [-0.39, 0.29) is 5.94 Å². The molecule has 1 aliphatic rings. The van der Waals surface area contributed by atoms with Crippen LogP contribution in [-0.2, 0) is 23.8 Å². The van der Waals surface area contributed by atoms with E-state index in [9.17, 15) is 30.0 Å². The lowest BCUT2D eigenvalue weighted by Crippen LogP contribution is -2.62. The molecule has 0 radical (unpaired) electrons. The molecule has 24 heavy (non-hydrogen) atoms. The van der Waals surface area contributed by atoms with Crippen molar-refractivity contribution in [2.45, 2.75) is 50.5 Å². The number of carbonyl (C=O) groups is 2. The van der Waals surface area contributed by atoms with Crippen molar-refractivity contribution in [3.63, 3.8) is 0 Å². The Hall–Kier alpha value is -0.560. The van der Waals surface area contributed by atoms with Gasteiger partial charge in [0.15, 0.2) is 0 Å². The zero-order chi connectivity index (χ0) is 18.3. The van der Waals surface area contributed by atoms with Crippen molar-refractivity contribution in [2.24, 2.45) is 0 Å². The van der Waals surface area contributed by atoms with Crippen molar-refractivity contribution < 1.29 is 44.2 Å². The second kappa shape index (κ2) is 9.80. The van der Waals surface area contributed by atoms with Crippen molar-refractivity contribution in [1.82, 2.24) is 0 Å². The first-order valence-electron chi connectivity index (χ1n) is 7.20. The van der Waals surface area contributed by atoms with Crippen LogP contribution < -0.4 is 0 Å². The van der Waals surface area contributed by atoms with E-state index < -0.39 is 55.2 Å². The quantitative estimate of drug-likeness (QED) is 0.177. The Morgan fingerprint density at radius 1 is 1.38 bits per heavy atom. The van der Waals surface area contributed by atoms with Crippen molar-refractivity contribution >= 4 is 33.5 Å². The van der Waals surface area contributed by atoms with E-state index in [1.165, 1.54) is 21.6 Å². The van der Waals surface area contributed by atoms with Gasteiger partial charge in [-0.2, -0.15) is 0 Å². The lowest BCUT2D eigenvalue weighted by molar-refractivity contribution is -0.318. The highest BCUT2D eigenvalue weighted by molar-refractivity contribution is 8.76. The molecule has 0 saturated carbocycles. The maximum absolute atomic E-state index is 11.6. The van der Waals surface area contributed by atoms with Crippen LogP contribution in [0.25, 0.3) is 0 Å². The third kappa shape index (κ3) is 5.76. The normalized spacial score (nSPS) is 31.5. The number of ether oxygens (including phenoxy) is 3. The first kappa shape index (κ1) is 21.5. The highest BCUT2D eigenvalue weighted by atomic mass is 33.1. The minimum Gasteiger partial charge on any atom is -0.477 e. The molecule has 0 aliphatic carbocycles. The Kier molecular flexibility index (Phi) is 8.77. The summed E-state index contributed by atoms with van der Waals surface area (Å²) in [6, 6.07) is 0. The number of esters is 1. The van der Waals surface area contributed by atoms with Gasteiger partial charge in [0.1, 0.15) is 30.9 Å². The summed E-state index contributed by atoms with van der Waals surface area (Å²) in [6.45, 7) is 2.54. The fraction of sp³-hybridized carbons (Fsp3) is 0.846. The van der Waals surface area contributed by atoms with Crippen LogP contribution in [0.4, 0.5) is 0 Å². The number of carboxylic acids is 1. The number of carboxylic acid groups (broad SMARTS) is 1. The number of carbonyl (C=O) groups excluding carboxylic acids is 1. The molecule has 0 amide bonds. The van der Waals surface area contributed by atoms with E-state index in [0.29, 0.717) is 0 Å². The summed E-state index contributed by atoms with van der Waals surface area (Å²) < 4.78 is 15.2. The fourth-order valence-electron chi connectivity index (χ4n) is 2.09. The largest absolute Gasteiger partial charge is 0.477 e. The second-order valence-electron chi connectivity index (χ2n) is 5.06. The molecule has 0 bridgehead atoms. The minimum atomic E-state index is -2.21. The lowest BCUT2D eigenvalue weighted by Gasteiger charge is -2.43. The number of rotatable bonds is 9. The maximum atomic E-state index is 11.6. The van der Waals surface area contributed by atoms with Crippen molar-refractivity contribution in [2.75, 3.05) is 18.3 Å². The summed E-state index contributed by atoms with van der Waals surface area (Å²) in [5, 5.41) is 39.4. The first-order chi connectivity index (χ1) is 11.2. The second-order valence-corrected chi connectivity index (χ2v) is 7.76. The van der Waals surface area contributed by atoms with Crippen molar-refractivity contribution in [1.29, 1.82) is 0 Å². The minimum absolute atomic E-state index is 0.0274. The van der Waals surface area contributed by atoms with Gasteiger partial charge in [-0.15, -0.1) is 0 Å². The van der Waals surface area contributed by atoms with Crippen LogP contribution in [0.5, 0.6) is 0 Å². The van der Waals surface area contributed by atoms with Gasteiger partial charge in [-0.3, -0.25) is 4.79 Å². The Balaban J connectivity index is 2.84. The Morgan fingerprint density at radius 2 is 2.04 bits per heavy atom. The van der Waals surface area contributed by atoms with Crippen LogP contribution in [0, 0.1) is 0 Å². The van der Waals surface area contributed by atoms with E-state index in [4.69, 9.17) is 9.47 Å². The average Bonchev–Trinajstić information content (AvgIpc) is 2.52. The number of aliphatic hydroxyl groups is 3. The van der Waals surface area contributed by atoms with E-state index in [1.54, 1.807) is 0 Å². The highest BCUT2D eigenvalue weighted by Crippen LogP contribution is 2.34. The van der Waals surface area contributed by atoms with Crippen LogP contribution in [0.1, 0.15) is 20.3 Å². The number of hydrogen-bond donors (Lipinski definition) is 4. The fourth-order valence-corrected chi connectivity index (χ4v) is 3.41. The van der Waals surface area contributed by atoms with E-state index >= 15 is 0 Å². The molecule has 140 valence electrons. The molecule has 1 saturated heterocycles. The standard InChI is InChI=1S/C13H22O9S2/c1-3-23-24-6-21-13(12(18)19)4-8(15)10(17)11(22-13)9(16)5-20-7(2)14/h8-11,15-17H,3-6H2,1-2H3,(H,18,19)/t8-,9-,10-,11?,13-/m1/s1. The van der Waals surface area contributed by atoms with Gasteiger partial charge in [-0.05, 0) is 0 Å². The van der Waals surface area contributed by atoms with Gasteiger partial charge >= 0.3 is 11.9 Å². The van der Waals surface area contributed by atoms with Gasteiger partial charge in [-0.25, -0.2) is 4.79 Å². The number of aliphatic carboxylic acids is 1. The molecule has 1 fully saturated rings. The summed E-state index contributed by atoms with van der Waals surface area (Å²) in [5.41, 5.74) is 0. The Bertz CT molecular complexity index is 436. The number of hydrogen-bond acceptors (Lipinski definition) is 10. The molecule has 0 spiro atoms. The zero-order valence-electron chi connectivity index (χ0n) is 13.3. The molecule has 1 heterocycles. The molecule has 4 N–H and O–H groups in total. The molecule has 1 aliphatic heterocycles. The van der Waals surface area contributed by atoms with Gasteiger partial charge in [0, 0.05) is 19.1 Å². The molecule has 5 atom stereocenters. The van der Waals surface area contributed by atoms with Gasteiger partial charge in [0.2, 0.25) is 0 Å². The van der Waals surface area contributed by atoms with Crippen LogP contribution in [-0.4, -0.2) is 80.9 Å². The molecule has 1 unspecified atom stereocenters. The van der Waals surface area contributed by atoms with Crippen LogP contribution in [0.15, 0.2) is 0 Å². The molecular formula is C13H22O9S2. The average molecular weight is 386 g/mol. The third-order valence-electron chi connectivity index (χ3n) is 3.24. The summed E-state index contributed by atoms with van der Waals surface area (Å²) in [5.74, 6) is -3.59.